The highest BCUT2D eigenvalue weighted by atomic mass is 35.5. The van der Waals surface area contributed by atoms with Crippen LogP contribution in [0.1, 0.15) is 35.5 Å². The predicted octanol–water partition coefficient (Wildman–Crippen LogP) is 4.74. The number of fused-ring (bicyclic) bond motifs is 5. The number of H-pyrrole nitrogens is 1. The van der Waals surface area contributed by atoms with Gasteiger partial charge < -0.3 is 15.0 Å². The van der Waals surface area contributed by atoms with Crippen molar-refractivity contribution in [3.63, 3.8) is 0 Å². The van der Waals surface area contributed by atoms with Crippen molar-refractivity contribution in [2.24, 2.45) is 0 Å². The van der Waals surface area contributed by atoms with Gasteiger partial charge in [0, 0.05) is 39.9 Å². The van der Waals surface area contributed by atoms with Gasteiger partial charge in [0.2, 0.25) is 0 Å². The maximum absolute atomic E-state index is 13.1. The monoisotopic (exact) mass is 448 g/mol. The van der Waals surface area contributed by atoms with E-state index in [1.54, 1.807) is 6.07 Å². The minimum atomic E-state index is -0.341. The van der Waals surface area contributed by atoms with Gasteiger partial charge in [-0.1, -0.05) is 29.8 Å². The van der Waals surface area contributed by atoms with Crippen molar-refractivity contribution in [3.8, 4) is 5.75 Å². The molecule has 0 aliphatic carbocycles. The summed E-state index contributed by atoms with van der Waals surface area (Å²) in [6.45, 7) is 5.07. The largest absolute Gasteiger partial charge is 0.507 e. The molecule has 0 fully saturated rings. The number of Topliss-reactive ketones (excluding diaryl/α,β-unsaturated/α-hetero) is 1. The van der Waals surface area contributed by atoms with Crippen LogP contribution in [0, 0.1) is 0 Å². The smallest absolute Gasteiger partial charge is 0.373 e. The molecule has 162 valence electrons. The Labute approximate surface area is 189 Å². The minimum Gasteiger partial charge on any atom is -0.507 e. The molecular formula is C25H21ClN2O4. The number of benzene rings is 2. The molecule has 2 N–H and O–H groups in total. The molecule has 1 aromatic heterocycles. The first-order valence-corrected chi connectivity index (χ1v) is 10.5. The number of allylic oxidation sites excluding steroid dienone is 2. The lowest BCUT2D eigenvalue weighted by atomic mass is 9.78. The van der Waals surface area contributed by atoms with Crippen LogP contribution in [-0.4, -0.2) is 33.5 Å². The SMILES string of the molecule is CC1=CC(C(=O)c2cc(Cl)ccc2O)=CN2CCc3c([nH]c4ccccc34)C12C.O=C=O. The molecule has 32 heavy (non-hydrogen) atoms. The van der Waals surface area contributed by atoms with Crippen LogP contribution in [0.15, 0.2) is 65.9 Å². The van der Waals surface area contributed by atoms with Gasteiger partial charge in [-0.05, 0) is 61.7 Å². The average Bonchev–Trinajstić information content (AvgIpc) is 3.16. The summed E-state index contributed by atoms with van der Waals surface area (Å²) in [6.07, 6.45) is 5.01. The van der Waals surface area contributed by atoms with Crippen molar-refractivity contribution in [1.82, 2.24) is 9.88 Å². The number of ketones is 1. The first-order chi connectivity index (χ1) is 15.3. The zero-order valence-corrected chi connectivity index (χ0v) is 18.4. The molecule has 2 aliphatic heterocycles. The fraction of sp³-hybridized carbons (Fsp3) is 0.200. The van der Waals surface area contributed by atoms with Crippen molar-refractivity contribution in [2.75, 3.05) is 6.54 Å². The van der Waals surface area contributed by atoms with Gasteiger partial charge >= 0.3 is 6.15 Å². The zero-order valence-electron chi connectivity index (χ0n) is 17.6. The van der Waals surface area contributed by atoms with Crippen molar-refractivity contribution < 1.29 is 19.5 Å². The van der Waals surface area contributed by atoms with Crippen molar-refractivity contribution in [1.29, 1.82) is 0 Å². The second-order valence-electron chi connectivity index (χ2n) is 8.03. The van der Waals surface area contributed by atoms with Crippen LogP contribution in [-0.2, 0) is 21.5 Å². The number of phenolic OH excluding ortho intramolecular Hbond substituents is 1. The van der Waals surface area contributed by atoms with E-state index in [1.165, 1.54) is 28.8 Å². The fourth-order valence-electron chi connectivity index (χ4n) is 4.64. The lowest BCUT2D eigenvalue weighted by Crippen LogP contribution is -2.48. The van der Waals surface area contributed by atoms with E-state index in [0.29, 0.717) is 10.6 Å². The van der Waals surface area contributed by atoms with Crippen LogP contribution in [0.25, 0.3) is 10.9 Å². The Hall–Kier alpha value is -3.60. The van der Waals surface area contributed by atoms with E-state index in [9.17, 15) is 9.90 Å². The van der Waals surface area contributed by atoms with Crippen molar-refractivity contribution >= 4 is 34.4 Å². The van der Waals surface area contributed by atoms with Crippen LogP contribution in [0.2, 0.25) is 5.02 Å². The van der Waals surface area contributed by atoms with Gasteiger partial charge in [0.05, 0.1) is 11.1 Å². The molecule has 0 radical (unpaired) electrons. The molecule has 1 unspecified atom stereocenters. The lowest BCUT2D eigenvalue weighted by molar-refractivity contribution is -0.191. The van der Waals surface area contributed by atoms with Crippen LogP contribution >= 0.6 is 11.6 Å². The number of aromatic nitrogens is 1. The molecule has 0 spiro atoms. The van der Waals surface area contributed by atoms with E-state index in [0.717, 1.165) is 24.1 Å². The number of nitrogens with zero attached hydrogens (tertiary/aromatic N) is 1. The lowest BCUT2D eigenvalue weighted by Gasteiger charge is -2.47. The van der Waals surface area contributed by atoms with Crippen LogP contribution in [0.4, 0.5) is 0 Å². The number of carbonyl (C=O) groups excluding carboxylic acids is 3. The Morgan fingerprint density at radius 1 is 1.22 bits per heavy atom. The number of para-hydroxylation sites is 1. The van der Waals surface area contributed by atoms with Gasteiger partial charge in [-0.25, -0.2) is 0 Å². The number of hydrogen-bond acceptors (Lipinski definition) is 5. The van der Waals surface area contributed by atoms with Gasteiger partial charge in [-0.3, -0.25) is 4.79 Å². The number of halogens is 1. The number of hydrogen-bond donors (Lipinski definition) is 2. The molecule has 7 heteroatoms. The zero-order chi connectivity index (χ0) is 23.0. The molecule has 2 aromatic carbocycles. The van der Waals surface area contributed by atoms with Crippen molar-refractivity contribution in [3.05, 3.63) is 87.7 Å². The Bertz CT molecular complexity index is 1330. The fourth-order valence-corrected chi connectivity index (χ4v) is 4.81. The van der Waals surface area contributed by atoms with Gasteiger partial charge in [0.15, 0.2) is 5.78 Å². The highest BCUT2D eigenvalue weighted by Crippen LogP contribution is 2.46. The second kappa shape index (κ2) is 8.15. The highest BCUT2D eigenvalue weighted by Gasteiger charge is 2.43. The molecule has 2 aliphatic rings. The molecule has 5 rings (SSSR count). The predicted molar refractivity (Wildman–Crippen MR) is 120 cm³/mol. The Morgan fingerprint density at radius 3 is 2.69 bits per heavy atom. The first-order valence-electron chi connectivity index (χ1n) is 10.1. The van der Waals surface area contributed by atoms with E-state index in [-0.39, 0.29) is 28.8 Å². The summed E-state index contributed by atoms with van der Waals surface area (Å²) in [6, 6.07) is 12.9. The maximum Gasteiger partial charge on any atom is 0.373 e. The number of carbonyl (C=O) groups is 1. The van der Waals surface area contributed by atoms with Gasteiger partial charge in [-0.2, -0.15) is 9.59 Å². The number of nitrogens with one attached hydrogen (secondary N) is 1. The second-order valence-corrected chi connectivity index (χ2v) is 8.46. The highest BCUT2D eigenvalue weighted by molar-refractivity contribution is 6.31. The Kier molecular flexibility index (Phi) is 5.51. The third-order valence-electron chi connectivity index (χ3n) is 6.38. The number of phenols is 1. The molecule has 6 nitrogen and oxygen atoms in total. The first kappa shape index (κ1) is 21.6. The van der Waals surface area contributed by atoms with Gasteiger partial charge in [-0.15, -0.1) is 0 Å². The molecule has 0 saturated heterocycles. The molecular weight excluding hydrogens is 428 g/mol. The summed E-state index contributed by atoms with van der Waals surface area (Å²) in [4.78, 5) is 35.2. The third kappa shape index (κ3) is 3.34. The summed E-state index contributed by atoms with van der Waals surface area (Å²) < 4.78 is 0. The third-order valence-corrected chi connectivity index (χ3v) is 6.61. The quantitative estimate of drug-likeness (QED) is 0.552. The minimum absolute atomic E-state index is 0.0590. The number of rotatable bonds is 2. The van der Waals surface area contributed by atoms with Crippen LogP contribution in [0.5, 0.6) is 5.75 Å². The summed E-state index contributed by atoms with van der Waals surface area (Å²) >= 11 is 6.04. The summed E-state index contributed by atoms with van der Waals surface area (Å²) in [5.41, 5.74) is 5.19. The number of aromatic amines is 1. The molecule has 0 saturated carbocycles. The molecule has 0 bridgehead atoms. The maximum atomic E-state index is 13.1. The van der Waals surface area contributed by atoms with Gasteiger partial charge in [0.25, 0.3) is 0 Å². The van der Waals surface area contributed by atoms with Crippen LogP contribution in [0.3, 0.4) is 0 Å². The Morgan fingerprint density at radius 2 is 1.94 bits per heavy atom. The molecule has 0 amide bonds. The van der Waals surface area contributed by atoms with Crippen molar-refractivity contribution in [2.45, 2.75) is 25.8 Å². The Balaban J connectivity index is 0.000000775. The normalized spacial score (nSPS) is 19.0. The van der Waals surface area contributed by atoms with E-state index >= 15 is 0 Å². The molecule has 1 atom stereocenters. The summed E-state index contributed by atoms with van der Waals surface area (Å²) in [5.74, 6) is -0.287. The van der Waals surface area contributed by atoms with E-state index in [4.69, 9.17) is 21.2 Å². The van der Waals surface area contributed by atoms with E-state index < -0.39 is 0 Å². The summed E-state index contributed by atoms with van der Waals surface area (Å²) in [7, 11) is 0. The average molecular weight is 449 g/mol. The van der Waals surface area contributed by atoms with E-state index in [1.807, 2.05) is 18.3 Å². The standard InChI is InChI=1S/C24H21ClN2O2.CO2/c1-14-11-15(22(29)19-12-16(25)7-8-21(19)28)13-27-10-9-18-17-5-3-4-6-20(17)26-23(18)24(14,27)2;2-1-3/h3-8,11-13,26,28H,9-10H2,1-2H3;. The summed E-state index contributed by atoms with van der Waals surface area (Å²) in [5, 5.41) is 11.8. The van der Waals surface area contributed by atoms with E-state index in [2.05, 4.69) is 41.9 Å². The topological polar surface area (TPSA) is 90.5 Å². The number of aromatic hydroxyl groups is 1. The molecule has 3 heterocycles. The van der Waals surface area contributed by atoms with Gasteiger partial charge in [0.1, 0.15) is 5.75 Å². The molecule has 3 aromatic rings. The van der Waals surface area contributed by atoms with Crippen LogP contribution < -0.4 is 0 Å².